The summed E-state index contributed by atoms with van der Waals surface area (Å²) in [6.07, 6.45) is 0. The smallest absolute Gasteiger partial charge is 0.0992 e. The van der Waals surface area contributed by atoms with Crippen molar-refractivity contribution in [3.8, 4) is 40.3 Å². The first kappa shape index (κ1) is 30.7. The van der Waals surface area contributed by atoms with Gasteiger partial charge in [-0.1, -0.05) is 97.1 Å². The second-order valence-corrected chi connectivity index (χ2v) is 14.0. The summed E-state index contributed by atoms with van der Waals surface area (Å²) in [7, 11) is 0. The molecule has 0 radical (unpaired) electrons. The number of rotatable bonds is 4. The average molecular weight is 700 g/mol. The summed E-state index contributed by atoms with van der Waals surface area (Å²) in [5.41, 5.74) is 12.8. The zero-order valence-corrected chi connectivity index (χ0v) is 29.5. The fourth-order valence-corrected chi connectivity index (χ4v) is 8.77. The third-order valence-electron chi connectivity index (χ3n) is 11.1. The number of hydrogen-bond donors (Lipinski definition) is 0. The van der Waals surface area contributed by atoms with Crippen molar-refractivity contribution in [1.82, 2.24) is 13.7 Å². The van der Waals surface area contributed by atoms with Crippen LogP contribution in [-0.2, 0) is 0 Å². The van der Waals surface area contributed by atoms with Crippen molar-refractivity contribution in [1.29, 1.82) is 10.5 Å². The van der Waals surface area contributed by atoms with Crippen molar-refractivity contribution in [3.05, 3.63) is 187 Å². The van der Waals surface area contributed by atoms with Gasteiger partial charge < -0.3 is 13.7 Å². The van der Waals surface area contributed by atoms with Crippen LogP contribution in [0.3, 0.4) is 0 Å². The van der Waals surface area contributed by atoms with Crippen molar-refractivity contribution in [2.45, 2.75) is 0 Å². The van der Waals surface area contributed by atoms with Gasteiger partial charge in [-0.2, -0.15) is 10.5 Å². The number of fused-ring (bicyclic) bond motifs is 9. The minimum atomic E-state index is 0.588. The second-order valence-electron chi connectivity index (χ2n) is 14.0. The van der Waals surface area contributed by atoms with Crippen molar-refractivity contribution in [2.24, 2.45) is 0 Å². The first-order chi connectivity index (χ1) is 27.2. The highest BCUT2D eigenvalue weighted by Crippen LogP contribution is 2.42. The highest BCUT2D eigenvalue weighted by molar-refractivity contribution is 6.13. The summed E-state index contributed by atoms with van der Waals surface area (Å²) in [6, 6.07) is 66.0. The van der Waals surface area contributed by atoms with Gasteiger partial charge in [0.15, 0.2) is 0 Å². The molecule has 8 aromatic carbocycles. The van der Waals surface area contributed by atoms with E-state index in [0.717, 1.165) is 71.8 Å². The Balaban J connectivity index is 1.19. The zero-order valence-electron chi connectivity index (χ0n) is 29.5. The number of nitriles is 2. The van der Waals surface area contributed by atoms with Gasteiger partial charge in [-0.05, 0) is 78.9 Å². The zero-order chi connectivity index (χ0) is 36.6. The minimum absolute atomic E-state index is 0.588. The van der Waals surface area contributed by atoms with Crippen LogP contribution in [0.25, 0.3) is 93.6 Å². The van der Waals surface area contributed by atoms with Crippen LogP contribution in [0.5, 0.6) is 0 Å². The van der Waals surface area contributed by atoms with E-state index in [1.54, 1.807) is 0 Å². The Hall–Kier alpha value is -7.86. The molecule has 0 saturated heterocycles. The molecule has 0 saturated carbocycles. The molecule has 0 fully saturated rings. The summed E-state index contributed by atoms with van der Waals surface area (Å²) in [5.74, 6) is 0. The molecule has 254 valence electrons. The van der Waals surface area contributed by atoms with E-state index in [1.807, 2.05) is 36.4 Å². The molecule has 5 nitrogen and oxygen atoms in total. The second kappa shape index (κ2) is 11.8. The Labute approximate surface area is 316 Å². The predicted octanol–water partition coefficient (Wildman–Crippen LogP) is 12.4. The van der Waals surface area contributed by atoms with Crippen molar-refractivity contribution >= 4 is 65.4 Å². The summed E-state index contributed by atoms with van der Waals surface area (Å²) in [6.45, 7) is 0. The molecule has 11 aromatic rings. The van der Waals surface area contributed by atoms with Gasteiger partial charge in [0.2, 0.25) is 0 Å². The fraction of sp³-hybridized carbons (Fsp3) is 0. The summed E-state index contributed by atoms with van der Waals surface area (Å²) < 4.78 is 6.98. The molecule has 0 atom stereocenters. The Morgan fingerprint density at radius 1 is 0.309 bits per heavy atom. The van der Waals surface area contributed by atoms with Gasteiger partial charge >= 0.3 is 0 Å². The van der Waals surface area contributed by atoms with E-state index in [1.165, 1.54) is 21.8 Å². The van der Waals surface area contributed by atoms with E-state index < -0.39 is 0 Å². The Morgan fingerprint density at radius 2 is 0.727 bits per heavy atom. The molecule has 0 aliphatic heterocycles. The van der Waals surface area contributed by atoms with E-state index in [0.29, 0.717) is 11.1 Å². The van der Waals surface area contributed by atoms with Crippen LogP contribution in [0.4, 0.5) is 0 Å². The molecule has 0 N–H and O–H groups in total. The number of nitrogens with zero attached hydrogens (tertiary/aromatic N) is 5. The molecular formula is C50H29N5. The van der Waals surface area contributed by atoms with Crippen LogP contribution in [-0.4, -0.2) is 13.7 Å². The fourth-order valence-electron chi connectivity index (χ4n) is 8.77. The Bertz CT molecular complexity index is 3420. The first-order valence-electron chi connectivity index (χ1n) is 18.3. The van der Waals surface area contributed by atoms with Crippen LogP contribution in [0.1, 0.15) is 11.1 Å². The number of aromatic nitrogens is 3. The van der Waals surface area contributed by atoms with E-state index in [4.69, 9.17) is 0 Å². The lowest BCUT2D eigenvalue weighted by Crippen LogP contribution is -2.02. The molecule has 0 aliphatic rings. The maximum absolute atomic E-state index is 10.3. The third kappa shape index (κ3) is 4.45. The van der Waals surface area contributed by atoms with Gasteiger partial charge in [0.05, 0.1) is 67.7 Å². The largest absolute Gasteiger partial charge is 0.309 e. The molecule has 0 unspecified atom stereocenters. The molecule has 3 heterocycles. The van der Waals surface area contributed by atoms with Gasteiger partial charge in [-0.25, -0.2) is 0 Å². The van der Waals surface area contributed by atoms with Crippen molar-refractivity contribution in [2.75, 3.05) is 0 Å². The number of para-hydroxylation sites is 5. The quantitative estimate of drug-likeness (QED) is 0.184. The summed E-state index contributed by atoms with van der Waals surface area (Å²) in [5, 5.41) is 26.9. The standard InChI is InChI=1S/C50H29N5/c51-30-32-22-25-48-41(27-32)38-14-4-9-19-46(38)54(48)45-18-8-3-13-37(45)40-24-21-33(31-52)28-50(40)55-47-20-10-5-15-39(47)42-29-34(23-26-49(42)55)53-43-16-6-1-11-35(43)36-12-2-7-17-44(36)53/h1-29H. The number of benzene rings is 8. The molecule has 3 aromatic heterocycles. The number of hydrogen-bond acceptors (Lipinski definition) is 2. The van der Waals surface area contributed by atoms with Gasteiger partial charge in [-0.15, -0.1) is 0 Å². The van der Waals surface area contributed by atoms with Crippen LogP contribution in [0.2, 0.25) is 0 Å². The van der Waals surface area contributed by atoms with E-state index in [-0.39, 0.29) is 0 Å². The van der Waals surface area contributed by atoms with Crippen molar-refractivity contribution in [3.63, 3.8) is 0 Å². The average Bonchev–Trinajstić information content (AvgIpc) is 3.88. The topological polar surface area (TPSA) is 62.4 Å². The summed E-state index contributed by atoms with van der Waals surface area (Å²) >= 11 is 0. The minimum Gasteiger partial charge on any atom is -0.309 e. The molecule has 5 heteroatoms. The van der Waals surface area contributed by atoms with Crippen LogP contribution in [0, 0.1) is 22.7 Å². The molecule has 0 bridgehead atoms. The Morgan fingerprint density at radius 3 is 1.35 bits per heavy atom. The maximum atomic E-state index is 10.3. The van der Waals surface area contributed by atoms with Gasteiger partial charge in [0.1, 0.15) is 0 Å². The normalized spacial score (nSPS) is 11.6. The molecule has 0 amide bonds. The Kier molecular flexibility index (Phi) is 6.61. The van der Waals surface area contributed by atoms with E-state index in [9.17, 15) is 10.5 Å². The van der Waals surface area contributed by atoms with Crippen LogP contribution in [0.15, 0.2) is 176 Å². The third-order valence-corrected chi connectivity index (χ3v) is 11.1. The molecule has 55 heavy (non-hydrogen) atoms. The van der Waals surface area contributed by atoms with E-state index >= 15 is 0 Å². The molecule has 11 rings (SSSR count). The first-order valence-corrected chi connectivity index (χ1v) is 18.3. The van der Waals surface area contributed by atoms with Gasteiger partial charge in [0, 0.05) is 49.1 Å². The predicted molar refractivity (Wildman–Crippen MR) is 224 cm³/mol. The lowest BCUT2D eigenvalue weighted by molar-refractivity contribution is 1.15. The SMILES string of the molecule is N#Cc1ccc(-c2ccccc2-n2c3ccccc3c3cc(C#N)ccc32)c(-n2c3ccccc3c3cc(-n4c5ccccc5c5ccccc54)ccc32)c1. The van der Waals surface area contributed by atoms with Crippen molar-refractivity contribution < 1.29 is 0 Å². The lowest BCUT2D eigenvalue weighted by atomic mass is 9.99. The molecule has 0 aliphatic carbocycles. The monoisotopic (exact) mass is 699 g/mol. The molecular weight excluding hydrogens is 671 g/mol. The van der Waals surface area contributed by atoms with Crippen LogP contribution < -0.4 is 0 Å². The maximum Gasteiger partial charge on any atom is 0.0992 e. The molecule has 0 spiro atoms. The highest BCUT2D eigenvalue weighted by atomic mass is 15.0. The van der Waals surface area contributed by atoms with Gasteiger partial charge in [0.25, 0.3) is 0 Å². The van der Waals surface area contributed by atoms with E-state index in [2.05, 4.69) is 165 Å². The highest BCUT2D eigenvalue weighted by Gasteiger charge is 2.21. The van der Waals surface area contributed by atoms with Gasteiger partial charge in [-0.3, -0.25) is 0 Å². The lowest BCUT2D eigenvalue weighted by Gasteiger charge is -2.19. The summed E-state index contributed by atoms with van der Waals surface area (Å²) in [4.78, 5) is 0. The van der Waals surface area contributed by atoms with Crippen LogP contribution >= 0.6 is 0 Å².